The quantitative estimate of drug-likeness (QED) is 0.428. The van der Waals surface area contributed by atoms with E-state index in [2.05, 4.69) is 30.3 Å². The summed E-state index contributed by atoms with van der Waals surface area (Å²) in [6, 6.07) is 24.2. The van der Waals surface area contributed by atoms with E-state index in [1.54, 1.807) is 28.2 Å². The van der Waals surface area contributed by atoms with Gasteiger partial charge in [-0.1, -0.05) is 60.7 Å². The number of aryl methyl sites for hydroxylation is 2. The van der Waals surface area contributed by atoms with Gasteiger partial charge in [0.2, 0.25) is 10.0 Å². The predicted octanol–water partition coefficient (Wildman–Crippen LogP) is 5.53. The van der Waals surface area contributed by atoms with Gasteiger partial charge in [-0.25, -0.2) is 8.42 Å². The lowest BCUT2D eigenvalue weighted by Crippen LogP contribution is -2.30. The van der Waals surface area contributed by atoms with Gasteiger partial charge in [0.25, 0.3) is 0 Å². The van der Waals surface area contributed by atoms with Gasteiger partial charge in [-0.15, -0.1) is 11.8 Å². The highest BCUT2D eigenvalue weighted by Crippen LogP contribution is 2.45. The molecule has 30 heavy (non-hydrogen) atoms. The van der Waals surface area contributed by atoms with E-state index >= 15 is 0 Å². The predicted molar refractivity (Wildman–Crippen MR) is 124 cm³/mol. The maximum absolute atomic E-state index is 13.7. The van der Waals surface area contributed by atoms with Gasteiger partial charge in [-0.05, 0) is 63.2 Å². The van der Waals surface area contributed by atoms with E-state index in [0.717, 1.165) is 34.9 Å². The highest BCUT2D eigenvalue weighted by atomic mass is 32.2. The molecule has 150 valence electrons. The molecule has 1 saturated heterocycles. The molecular weight excluding hydrogens is 410 g/mol. The molecule has 0 spiro atoms. The molecule has 1 aliphatic heterocycles. The molecule has 1 atom stereocenters. The number of hydrogen-bond acceptors (Lipinski definition) is 3. The van der Waals surface area contributed by atoms with Gasteiger partial charge in [0, 0.05) is 12.3 Å². The van der Waals surface area contributed by atoms with Crippen LogP contribution < -0.4 is 0 Å². The number of nitrogens with zero attached hydrogens (tertiary/aromatic N) is 1. The monoisotopic (exact) mass is 431 g/mol. The smallest absolute Gasteiger partial charge is 0.207 e. The first-order valence-corrected chi connectivity index (χ1v) is 12.8. The Morgan fingerprint density at radius 2 is 1.63 bits per heavy atom. The van der Waals surface area contributed by atoms with Crippen LogP contribution in [0.4, 0.5) is 0 Å². The Labute approximate surface area is 180 Å². The number of thioether (sulfide) groups is 1. The van der Waals surface area contributed by atoms with Crippen LogP contribution in [-0.2, 0) is 22.9 Å². The summed E-state index contributed by atoms with van der Waals surface area (Å²) >= 11 is 1.72. The summed E-state index contributed by atoms with van der Waals surface area (Å²) in [5.41, 5.74) is 3.89. The zero-order valence-corrected chi connectivity index (χ0v) is 18.0. The molecule has 0 saturated carbocycles. The van der Waals surface area contributed by atoms with Crippen LogP contribution in [0.1, 0.15) is 22.1 Å². The highest BCUT2D eigenvalue weighted by Gasteiger charge is 2.38. The molecule has 6 rings (SSSR count). The van der Waals surface area contributed by atoms with E-state index < -0.39 is 10.0 Å². The molecule has 1 unspecified atom stereocenters. The van der Waals surface area contributed by atoms with E-state index in [4.69, 9.17) is 0 Å². The minimum atomic E-state index is -3.59. The van der Waals surface area contributed by atoms with E-state index in [1.165, 1.54) is 21.9 Å². The van der Waals surface area contributed by atoms with Crippen molar-refractivity contribution >= 4 is 43.3 Å². The Kier molecular flexibility index (Phi) is 4.20. The standard InChI is InChI=1S/C25H21NO2S2/c27-30(28,21-12-10-17-4-1-2-5-20(17)16-21)26-14-15-29-25(26)23-13-11-19-9-8-18-6-3-7-22(23)24(18)19/h1-7,10-13,16,25H,8-9,14-15H2. The van der Waals surface area contributed by atoms with Gasteiger partial charge < -0.3 is 0 Å². The molecule has 4 aromatic carbocycles. The van der Waals surface area contributed by atoms with Gasteiger partial charge in [0.1, 0.15) is 0 Å². The van der Waals surface area contributed by atoms with Crippen LogP contribution in [0, 0.1) is 0 Å². The lowest BCUT2D eigenvalue weighted by atomic mass is 10.00. The number of sulfonamides is 1. The second-order valence-corrected chi connectivity index (χ2v) is 11.1. The minimum absolute atomic E-state index is 0.189. The van der Waals surface area contributed by atoms with Crippen molar-refractivity contribution in [2.75, 3.05) is 12.3 Å². The fraction of sp³-hybridized carbons (Fsp3) is 0.200. The molecule has 1 fully saturated rings. The summed E-state index contributed by atoms with van der Waals surface area (Å²) in [5, 5.41) is 4.36. The average Bonchev–Trinajstić information content (AvgIpc) is 3.43. The summed E-state index contributed by atoms with van der Waals surface area (Å²) in [6.45, 7) is 0.535. The fourth-order valence-corrected chi connectivity index (χ4v) is 8.20. The first-order valence-electron chi connectivity index (χ1n) is 10.3. The SMILES string of the molecule is O=S(=O)(c1ccc2ccccc2c1)N1CCSC1c1ccc2c3c(cccc13)CC2. The fourth-order valence-electron chi connectivity index (χ4n) is 4.89. The van der Waals surface area contributed by atoms with Gasteiger partial charge in [0.05, 0.1) is 10.3 Å². The third kappa shape index (κ3) is 2.73. The summed E-state index contributed by atoms with van der Waals surface area (Å²) < 4.78 is 29.0. The van der Waals surface area contributed by atoms with Crippen LogP contribution in [0.25, 0.3) is 21.5 Å². The molecule has 0 radical (unpaired) electrons. The van der Waals surface area contributed by atoms with Crippen molar-refractivity contribution in [3.8, 4) is 0 Å². The van der Waals surface area contributed by atoms with Crippen molar-refractivity contribution in [1.82, 2.24) is 4.31 Å². The Morgan fingerprint density at radius 3 is 2.50 bits per heavy atom. The number of rotatable bonds is 3. The summed E-state index contributed by atoms with van der Waals surface area (Å²) in [5.74, 6) is 0.806. The molecule has 4 aromatic rings. The molecule has 3 nitrogen and oxygen atoms in total. The van der Waals surface area contributed by atoms with E-state index in [0.29, 0.717) is 11.4 Å². The van der Waals surface area contributed by atoms with E-state index in [-0.39, 0.29) is 5.37 Å². The Balaban J connectivity index is 1.46. The Morgan fingerprint density at radius 1 is 0.833 bits per heavy atom. The summed E-state index contributed by atoms with van der Waals surface area (Å²) in [7, 11) is -3.59. The third-order valence-electron chi connectivity index (χ3n) is 6.35. The van der Waals surface area contributed by atoms with Crippen LogP contribution in [-0.4, -0.2) is 25.0 Å². The lowest BCUT2D eigenvalue weighted by molar-refractivity contribution is 0.435. The van der Waals surface area contributed by atoms with Crippen LogP contribution in [0.5, 0.6) is 0 Å². The van der Waals surface area contributed by atoms with Crippen LogP contribution >= 0.6 is 11.8 Å². The molecule has 5 heteroatoms. The van der Waals surface area contributed by atoms with Crippen LogP contribution in [0.3, 0.4) is 0 Å². The largest absolute Gasteiger partial charge is 0.244 e. The molecule has 0 bridgehead atoms. The molecular formula is C25H21NO2S2. The number of fused-ring (bicyclic) bond motifs is 1. The molecule has 0 aromatic heterocycles. The number of hydrogen-bond donors (Lipinski definition) is 0. The maximum Gasteiger partial charge on any atom is 0.244 e. The van der Waals surface area contributed by atoms with Crippen LogP contribution in [0.2, 0.25) is 0 Å². The van der Waals surface area contributed by atoms with E-state index in [1.807, 2.05) is 30.3 Å². The third-order valence-corrected chi connectivity index (χ3v) is 9.59. The van der Waals surface area contributed by atoms with Crippen molar-refractivity contribution in [3.05, 3.63) is 89.5 Å². The first-order chi connectivity index (χ1) is 14.6. The van der Waals surface area contributed by atoms with Crippen molar-refractivity contribution in [2.24, 2.45) is 0 Å². The lowest BCUT2D eigenvalue weighted by Gasteiger charge is -2.25. The summed E-state index contributed by atoms with van der Waals surface area (Å²) in [4.78, 5) is 0.375. The van der Waals surface area contributed by atoms with Crippen LogP contribution in [0.15, 0.2) is 77.7 Å². The second-order valence-electron chi connectivity index (χ2n) is 8.00. The topological polar surface area (TPSA) is 37.4 Å². The molecule has 1 aliphatic carbocycles. The zero-order valence-electron chi connectivity index (χ0n) is 16.4. The van der Waals surface area contributed by atoms with E-state index in [9.17, 15) is 8.42 Å². The van der Waals surface area contributed by atoms with Crippen molar-refractivity contribution in [2.45, 2.75) is 23.1 Å². The van der Waals surface area contributed by atoms with Crippen molar-refractivity contribution in [1.29, 1.82) is 0 Å². The highest BCUT2D eigenvalue weighted by molar-refractivity contribution is 8.01. The second kappa shape index (κ2) is 6.84. The molecule has 1 heterocycles. The average molecular weight is 432 g/mol. The maximum atomic E-state index is 13.7. The van der Waals surface area contributed by atoms with Crippen molar-refractivity contribution < 1.29 is 8.42 Å². The van der Waals surface area contributed by atoms with Gasteiger partial charge in [-0.3, -0.25) is 0 Å². The molecule has 0 amide bonds. The van der Waals surface area contributed by atoms with Gasteiger partial charge >= 0.3 is 0 Å². The zero-order chi connectivity index (χ0) is 20.3. The normalized spacial score (nSPS) is 19.1. The Hall–Kier alpha value is -2.34. The van der Waals surface area contributed by atoms with Gasteiger partial charge in [-0.2, -0.15) is 4.31 Å². The summed E-state index contributed by atoms with van der Waals surface area (Å²) in [6.07, 6.45) is 2.15. The Bertz CT molecular complexity index is 1400. The van der Waals surface area contributed by atoms with Gasteiger partial charge in [0.15, 0.2) is 0 Å². The molecule has 2 aliphatic rings. The van der Waals surface area contributed by atoms with Crippen molar-refractivity contribution in [3.63, 3.8) is 0 Å². The molecule has 0 N–H and O–H groups in total. The minimum Gasteiger partial charge on any atom is -0.207 e. The number of benzene rings is 4. The first kappa shape index (κ1) is 18.4.